The number of carbonyl (C=O) groups excluding carboxylic acids is 1. The van der Waals surface area contributed by atoms with Crippen molar-refractivity contribution in [3.8, 4) is 0 Å². The maximum Gasteiger partial charge on any atom is 0.407 e. The first-order chi connectivity index (χ1) is 8.63. The summed E-state index contributed by atoms with van der Waals surface area (Å²) in [5.74, 6) is 0.466. The van der Waals surface area contributed by atoms with E-state index in [1.165, 1.54) is 0 Å². The Hall–Kier alpha value is -1.55. The molecule has 0 spiro atoms. The smallest absolute Gasteiger partial charge is 0.407 e. The molecule has 0 fully saturated rings. The molecule has 2 N–H and O–H groups in total. The second kappa shape index (κ2) is 7.71. The molecule has 1 atom stereocenters. The number of hydrogen-bond acceptors (Lipinski definition) is 3. The van der Waals surface area contributed by atoms with Crippen LogP contribution in [0.25, 0.3) is 0 Å². The van der Waals surface area contributed by atoms with Gasteiger partial charge in [0.05, 0.1) is 12.6 Å². The first-order valence-corrected chi connectivity index (χ1v) is 6.22. The molecule has 1 unspecified atom stereocenters. The molecule has 1 aromatic rings. The Morgan fingerprint density at radius 3 is 2.56 bits per heavy atom. The molecule has 100 valence electrons. The van der Waals surface area contributed by atoms with E-state index in [-0.39, 0.29) is 19.3 Å². The van der Waals surface area contributed by atoms with Crippen LogP contribution in [0.1, 0.15) is 31.9 Å². The van der Waals surface area contributed by atoms with Crippen molar-refractivity contribution in [2.75, 3.05) is 13.2 Å². The zero-order chi connectivity index (χ0) is 13.4. The second-order valence-electron chi connectivity index (χ2n) is 4.60. The lowest BCUT2D eigenvalue weighted by Crippen LogP contribution is -2.30. The molecule has 0 saturated heterocycles. The van der Waals surface area contributed by atoms with Crippen LogP contribution in [0.2, 0.25) is 0 Å². The molecule has 0 aliphatic heterocycles. The zero-order valence-corrected chi connectivity index (χ0v) is 10.9. The first-order valence-electron chi connectivity index (χ1n) is 6.22. The van der Waals surface area contributed by atoms with Crippen molar-refractivity contribution in [3.05, 3.63) is 35.9 Å². The highest BCUT2D eigenvalue weighted by Gasteiger charge is 2.16. The standard InChI is InChI=1S/C14H21NO3/c1-11(2)10-13(12-6-4-3-5-7-12)15-14(17)18-9-8-16/h3-7,11,13,16H,8-10H2,1-2H3,(H,15,17). The lowest BCUT2D eigenvalue weighted by molar-refractivity contribution is 0.115. The highest BCUT2D eigenvalue weighted by atomic mass is 16.6. The third kappa shape index (κ3) is 5.19. The van der Waals surface area contributed by atoms with Crippen LogP contribution in [0.3, 0.4) is 0 Å². The Morgan fingerprint density at radius 1 is 1.33 bits per heavy atom. The van der Waals surface area contributed by atoms with Gasteiger partial charge < -0.3 is 15.2 Å². The summed E-state index contributed by atoms with van der Waals surface area (Å²) in [4.78, 5) is 11.5. The minimum Gasteiger partial charge on any atom is -0.447 e. The van der Waals surface area contributed by atoms with Gasteiger partial charge >= 0.3 is 6.09 Å². The fourth-order valence-corrected chi connectivity index (χ4v) is 1.76. The summed E-state index contributed by atoms with van der Waals surface area (Å²) < 4.78 is 4.82. The summed E-state index contributed by atoms with van der Waals surface area (Å²) in [6.45, 7) is 4.08. The van der Waals surface area contributed by atoms with E-state index in [0.717, 1.165) is 12.0 Å². The van der Waals surface area contributed by atoms with Crippen molar-refractivity contribution >= 4 is 6.09 Å². The Bertz CT molecular complexity index is 351. The number of alkyl carbamates (subject to hydrolysis) is 1. The van der Waals surface area contributed by atoms with Gasteiger partial charge in [-0.3, -0.25) is 0 Å². The molecule has 0 bridgehead atoms. The fraction of sp³-hybridized carbons (Fsp3) is 0.500. The van der Waals surface area contributed by atoms with Crippen molar-refractivity contribution in [2.24, 2.45) is 5.92 Å². The lowest BCUT2D eigenvalue weighted by atomic mass is 9.97. The van der Waals surface area contributed by atoms with Gasteiger partial charge in [0.2, 0.25) is 0 Å². The third-order valence-electron chi connectivity index (χ3n) is 2.53. The van der Waals surface area contributed by atoms with Crippen LogP contribution in [0.5, 0.6) is 0 Å². The second-order valence-corrected chi connectivity index (χ2v) is 4.60. The van der Waals surface area contributed by atoms with E-state index in [0.29, 0.717) is 5.92 Å². The number of nitrogens with one attached hydrogen (secondary N) is 1. The number of benzene rings is 1. The van der Waals surface area contributed by atoms with Crippen LogP contribution in [0, 0.1) is 5.92 Å². The average Bonchev–Trinajstić information content (AvgIpc) is 2.36. The van der Waals surface area contributed by atoms with Crippen molar-refractivity contribution in [3.63, 3.8) is 0 Å². The highest BCUT2D eigenvalue weighted by molar-refractivity contribution is 5.67. The Kier molecular flexibility index (Phi) is 6.22. The number of amides is 1. The maximum atomic E-state index is 11.5. The SMILES string of the molecule is CC(C)CC(NC(=O)OCCO)c1ccccc1. The lowest BCUT2D eigenvalue weighted by Gasteiger charge is -2.20. The molecular formula is C14H21NO3. The molecule has 18 heavy (non-hydrogen) atoms. The molecule has 0 heterocycles. The predicted molar refractivity (Wildman–Crippen MR) is 70.2 cm³/mol. The van der Waals surface area contributed by atoms with Gasteiger partial charge in [0.15, 0.2) is 0 Å². The molecule has 0 aliphatic rings. The molecule has 1 amide bonds. The first kappa shape index (κ1) is 14.5. The maximum absolute atomic E-state index is 11.5. The number of aliphatic hydroxyl groups is 1. The fourth-order valence-electron chi connectivity index (χ4n) is 1.76. The van der Waals surface area contributed by atoms with E-state index >= 15 is 0 Å². The van der Waals surface area contributed by atoms with E-state index < -0.39 is 6.09 Å². The summed E-state index contributed by atoms with van der Waals surface area (Å²) in [5.41, 5.74) is 1.06. The van der Waals surface area contributed by atoms with E-state index in [2.05, 4.69) is 19.2 Å². The van der Waals surface area contributed by atoms with Gasteiger partial charge in [0.1, 0.15) is 6.61 Å². The Balaban J connectivity index is 2.64. The molecule has 0 radical (unpaired) electrons. The number of carbonyl (C=O) groups is 1. The monoisotopic (exact) mass is 251 g/mol. The van der Waals surface area contributed by atoms with Crippen molar-refractivity contribution in [1.82, 2.24) is 5.32 Å². The van der Waals surface area contributed by atoms with Gasteiger partial charge in [-0.2, -0.15) is 0 Å². The third-order valence-corrected chi connectivity index (χ3v) is 2.53. The van der Waals surface area contributed by atoms with Crippen LogP contribution in [-0.4, -0.2) is 24.4 Å². The molecule has 1 rings (SSSR count). The van der Waals surface area contributed by atoms with Crippen LogP contribution < -0.4 is 5.32 Å². The molecule has 4 nitrogen and oxygen atoms in total. The van der Waals surface area contributed by atoms with Gasteiger partial charge in [-0.15, -0.1) is 0 Å². The molecule has 0 aliphatic carbocycles. The van der Waals surface area contributed by atoms with Crippen LogP contribution in [0.4, 0.5) is 4.79 Å². The summed E-state index contributed by atoms with van der Waals surface area (Å²) in [6, 6.07) is 9.75. The topological polar surface area (TPSA) is 58.6 Å². The number of hydrogen-bond donors (Lipinski definition) is 2. The van der Waals surface area contributed by atoms with Gasteiger partial charge in [-0.1, -0.05) is 44.2 Å². The summed E-state index contributed by atoms with van der Waals surface area (Å²) in [6.07, 6.45) is 0.358. The van der Waals surface area contributed by atoms with Crippen LogP contribution in [0.15, 0.2) is 30.3 Å². The van der Waals surface area contributed by atoms with Crippen molar-refractivity contribution < 1.29 is 14.6 Å². The predicted octanol–water partition coefficient (Wildman–Crippen LogP) is 2.49. The minimum atomic E-state index is -0.487. The van der Waals surface area contributed by atoms with Crippen LogP contribution in [-0.2, 0) is 4.74 Å². The molecule has 1 aromatic carbocycles. The van der Waals surface area contributed by atoms with Crippen LogP contribution >= 0.6 is 0 Å². The van der Waals surface area contributed by atoms with E-state index in [9.17, 15) is 4.79 Å². The van der Waals surface area contributed by atoms with Gasteiger partial charge in [0.25, 0.3) is 0 Å². The summed E-state index contributed by atoms with van der Waals surface area (Å²) >= 11 is 0. The average molecular weight is 251 g/mol. The van der Waals surface area contributed by atoms with E-state index in [1.54, 1.807) is 0 Å². The largest absolute Gasteiger partial charge is 0.447 e. The van der Waals surface area contributed by atoms with E-state index in [1.807, 2.05) is 30.3 Å². The quantitative estimate of drug-likeness (QED) is 0.816. The normalized spacial score (nSPS) is 12.2. The number of ether oxygens (including phenoxy) is 1. The highest BCUT2D eigenvalue weighted by Crippen LogP contribution is 2.21. The number of rotatable bonds is 6. The van der Waals surface area contributed by atoms with Crippen molar-refractivity contribution in [2.45, 2.75) is 26.3 Å². The number of aliphatic hydroxyl groups excluding tert-OH is 1. The van der Waals surface area contributed by atoms with Crippen molar-refractivity contribution in [1.29, 1.82) is 0 Å². The van der Waals surface area contributed by atoms with Gasteiger partial charge in [-0.05, 0) is 17.9 Å². The summed E-state index contributed by atoms with van der Waals surface area (Å²) in [7, 11) is 0. The molecular weight excluding hydrogens is 230 g/mol. The zero-order valence-electron chi connectivity index (χ0n) is 10.9. The molecule has 0 saturated carbocycles. The molecule has 4 heteroatoms. The van der Waals surface area contributed by atoms with Gasteiger partial charge in [-0.25, -0.2) is 4.79 Å². The Labute approximate surface area is 108 Å². The minimum absolute atomic E-state index is 0.0228. The summed E-state index contributed by atoms with van der Waals surface area (Å²) in [5, 5.41) is 11.4. The van der Waals surface area contributed by atoms with Gasteiger partial charge in [0, 0.05) is 0 Å². The van der Waals surface area contributed by atoms with E-state index in [4.69, 9.17) is 9.84 Å². The Morgan fingerprint density at radius 2 is 2.00 bits per heavy atom. The molecule has 0 aromatic heterocycles.